The van der Waals surface area contributed by atoms with Crippen LogP contribution in [-0.2, 0) is 12.8 Å². The molecule has 2 aliphatic rings. The highest BCUT2D eigenvalue weighted by molar-refractivity contribution is 5.31. The van der Waals surface area contributed by atoms with Crippen LogP contribution in [0.1, 0.15) is 30.4 Å². The number of fused-ring (bicyclic) bond motifs is 2. The Kier molecular flexibility index (Phi) is 2.72. The molecule has 17 heavy (non-hydrogen) atoms. The SMILES string of the molecule is NC[C@]1(N)CC[C@H]2Cc3ccccc3C[C@@H]2C1. The van der Waals surface area contributed by atoms with Crippen LogP contribution in [0.5, 0.6) is 0 Å². The van der Waals surface area contributed by atoms with Gasteiger partial charge in [-0.2, -0.15) is 0 Å². The summed E-state index contributed by atoms with van der Waals surface area (Å²) < 4.78 is 0. The standard InChI is InChI=1S/C15H22N2/c16-10-15(17)6-5-13-7-11-3-1-2-4-12(11)8-14(13)9-15/h1-4,13-14H,5-10,16-17H2/t13-,14+,15-/m0/s1. The number of hydrogen-bond acceptors (Lipinski definition) is 2. The molecule has 4 N–H and O–H groups in total. The second-order valence-electron chi connectivity index (χ2n) is 6.01. The third-order valence-electron chi connectivity index (χ3n) is 4.84. The second kappa shape index (κ2) is 4.11. The van der Waals surface area contributed by atoms with Crippen molar-refractivity contribution in [3.05, 3.63) is 35.4 Å². The summed E-state index contributed by atoms with van der Waals surface area (Å²) in [6.45, 7) is 0.637. The molecule has 1 aromatic carbocycles. The molecule has 0 aliphatic heterocycles. The van der Waals surface area contributed by atoms with Crippen molar-refractivity contribution >= 4 is 0 Å². The van der Waals surface area contributed by atoms with Crippen LogP contribution < -0.4 is 11.5 Å². The summed E-state index contributed by atoms with van der Waals surface area (Å²) in [5.74, 6) is 1.60. The Morgan fingerprint density at radius 3 is 2.41 bits per heavy atom. The monoisotopic (exact) mass is 230 g/mol. The Balaban J connectivity index is 1.83. The van der Waals surface area contributed by atoms with Crippen molar-refractivity contribution in [2.45, 2.75) is 37.6 Å². The van der Waals surface area contributed by atoms with E-state index in [9.17, 15) is 0 Å². The topological polar surface area (TPSA) is 52.0 Å². The van der Waals surface area contributed by atoms with Crippen LogP contribution in [0.3, 0.4) is 0 Å². The maximum atomic E-state index is 6.36. The van der Waals surface area contributed by atoms with E-state index in [0.29, 0.717) is 6.54 Å². The fourth-order valence-electron chi connectivity index (χ4n) is 3.71. The number of nitrogens with two attached hydrogens (primary N) is 2. The van der Waals surface area contributed by atoms with Gasteiger partial charge in [-0.05, 0) is 55.1 Å². The highest BCUT2D eigenvalue weighted by atomic mass is 14.8. The van der Waals surface area contributed by atoms with Gasteiger partial charge in [0, 0.05) is 12.1 Å². The van der Waals surface area contributed by atoms with Gasteiger partial charge in [0.15, 0.2) is 0 Å². The van der Waals surface area contributed by atoms with Crippen LogP contribution in [0.4, 0.5) is 0 Å². The van der Waals surface area contributed by atoms with Crippen LogP contribution in [0.2, 0.25) is 0 Å². The Morgan fingerprint density at radius 1 is 1.12 bits per heavy atom. The van der Waals surface area contributed by atoms with E-state index in [2.05, 4.69) is 24.3 Å². The number of rotatable bonds is 1. The lowest BCUT2D eigenvalue weighted by atomic mass is 9.64. The van der Waals surface area contributed by atoms with Crippen molar-refractivity contribution in [2.75, 3.05) is 6.54 Å². The first-order valence-corrected chi connectivity index (χ1v) is 6.76. The fourth-order valence-corrected chi connectivity index (χ4v) is 3.71. The quantitative estimate of drug-likeness (QED) is 0.773. The van der Waals surface area contributed by atoms with E-state index < -0.39 is 0 Å². The van der Waals surface area contributed by atoms with Crippen LogP contribution in [0.15, 0.2) is 24.3 Å². The Labute approximate surface area is 103 Å². The molecule has 0 spiro atoms. The fraction of sp³-hybridized carbons (Fsp3) is 0.600. The van der Waals surface area contributed by atoms with Gasteiger partial charge >= 0.3 is 0 Å². The molecule has 0 bridgehead atoms. The van der Waals surface area contributed by atoms with Gasteiger partial charge in [-0.15, -0.1) is 0 Å². The maximum absolute atomic E-state index is 6.36. The molecule has 3 rings (SSSR count). The van der Waals surface area contributed by atoms with Crippen LogP contribution >= 0.6 is 0 Å². The predicted molar refractivity (Wildman–Crippen MR) is 70.7 cm³/mol. The van der Waals surface area contributed by atoms with Crippen LogP contribution in [-0.4, -0.2) is 12.1 Å². The van der Waals surface area contributed by atoms with Gasteiger partial charge in [0.25, 0.3) is 0 Å². The van der Waals surface area contributed by atoms with E-state index in [1.54, 1.807) is 5.56 Å². The van der Waals surface area contributed by atoms with Crippen molar-refractivity contribution in [2.24, 2.45) is 23.3 Å². The zero-order chi connectivity index (χ0) is 11.9. The summed E-state index contributed by atoms with van der Waals surface area (Å²) in [4.78, 5) is 0. The molecule has 1 saturated carbocycles. The molecule has 1 fully saturated rings. The molecule has 3 atom stereocenters. The minimum absolute atomic E-state index is 0.0898. The highest BCUT2D eigenvalue weighted by Crippen LogP contribution is 2.42. The van der Waals surface area contributed by atoms with Gasteiger partial charge in [-0.3, -0.25) is 0 Å². The normalized spacial score (nSPS) is 36.1. The molecule has 0 aromatic heterocycles. The molecule has 2 nitrogen and oxygen atoms in total. The summed E-state index contributed by atoms with van der Waals surface area (Å²) in [6.07, 6.45) is 5.93. The Morgan fingerprint density at radius 2 is 1.76 bits per heavy atom. The molecule has 92 valence electrons. The molecule has 0 amide bonds. The third kappa shape index (κ3) is 2.00. The smallest absolute Gasteiger partial charge is 0.0281 e. The van der Waals surface area contributed by atoms with Gasteiger partial charge in [0.2, 0.25) is 0 Å². The van der Waals surface area contributed by atoms with Gasteiger partial charge in [0.05, 0.1) is 0 Å². The van der Waals surface area contributed by atoms with Gasteiger partial charge < -0.3 is 11.5 Å². The molecule has 0 radical (unpaired) electrons. The van der Waals surface area contributed by atoms with E-state index in [1.807, 2.05) is 0 Å². The average Bonchev–Trinajstić information content (AvgIpc) is 2.36. The molecular weight excluding hydrogens is 208 g/mol. The van der Waals surface area contributed by atoms with E-state index in [1.165, 1.54) is 24.8 Å². The van der Waals surface area contributed by atoms with Gasteiger partial charge in [-0.1, -0.05) is 24.3 Å². The zero-order valence-electron chi connectivity index (χ0n) is 10.4. The summed E-state index contributed by atoms with van der Waals surface area (Å²) in [5, 5.41) is 0. The molecule has 0 saturated heterocycles. The molecule has 1 aromatic rings. The minimum atomic E-state index is -0.0898. The van der Waals surface area contributed by atoms with Crippen molar-refractivity contribution in [1.82, 2.24) is 0 Å². The van der Waals surface area contributed by atoms with Gasteiger partial charge in [0.1, 0.15) is 0 Å². The lowest BCUT2D eigenvalue weighted by Gasteiger charge is -2.44. The molecular formula is C15H22N2. The van der Waals surface area contributed by atoms with Crippen LogP contribution in [0, 0.1) is 11.8 Å². The van der Waals surface area contributed by atoms with E-state index >= 15 is 0 Å². The first-order valence-electron chi connectivity index (χ1n) is 6.76. The number of hydrogen-bond donors (Lipinski definition) is 2. The lowest BCUT2D eigenvalue weighted by molar-refractivity contribution is 0.146. The van der Waals surface area contributed by atoms with Crippen molar-refractivity contribution in [3.63, 3.8) is 0 Å². The average molecular weight is 230 g/mol. The van der Waals surface area contributed by atoms with E-state index in [-0.39, 0.29) is 5.54 Å². The summed E-state index contributed by atoms with van der Waals surface area (Å²) in [7, 11) is 0. The van der Waals surface area contributed by atoms with Gasteiger partial charge in [-0.25, -0.2) is 0 Å². The van der Waals surface area contributed by atoms with Crippen molar-refractivity contribution in [3.8, 4) is 0 Å². The van der Waals surface area contributed by atoms with Crippen molar-refractivity contribution < 1.29 is 0 Å². The lowest BCUT2D eigenvalue weighted by Crippen LogP contribution is -2.53. The Bertz CT molecular complexity index is 415. The Hall–Kier alpha value is -0.860. The second-order valence-corrected chi connectivity index (χ2v) is 6.01. The molecule has 0 heterocycles. The maximum Gasteiger partial charge on any atom is 0.0281 e. The zero-order valence-corrected chi connectivity index (χ0v) is 10.4. The molecule has 0 unspecified atom stereocenters. The molecule has 2 heteroatoms. The largest absolute Gasteiger partial charge is 0.329 e. The van der Waals surface area contributed by atoms with Crippen LogP contribution in [0.25, 0.3) is 0 Å². The summed E-state index contributed by atoms with van der Waals surface area (Å²) in [5.41, 5.74) is 15.2. The first kappa shape index (κ1) is 11.2. The third-order valence-corrected chi connectivity index (χ3v) is 4.84. The number of benzene rings is 1. The minimum Gasteiger partial charge on any atom is -0.329 e. The predicted octanol–water partition coefficient (Wildman–Crippen LogP) is 1.86. The van der Waals surface area contributed by atoms with Crippen molar-refractivity contribution in [1.29, 1.82) is 0 Å². The highest BCUT2D eigenvalue weighted by Gasteiger charge is 2.39. The molecule has 2 aliphatic carbocycles. The summed E-state index contributed by atoms with van der Waals surface area (Å²) in [6, 6.07) is 8.88. The first-order chi connectivity index (χ1) is 8.20. The van der Waals surface area contributed by atoms with E-state index in [4.69, 9.17) is 11.5 Å². The summed E-state index contributed by atoms with van der Waals surface area (Å²) >= 11 is 0. The van der Waals surface area contributed by atoms with E-state index in [0.717, 1.165) is 24.7 Å².